The summed E-state index contributed by atoms with van der Waals surface area (Å²) < 4.78 is 18.8. The Labute approximate surface area is 172 Å². The molecular formula is C24H19FN2O3. The van der Waals surface area contributed by atoms with Gasteiger partial charge in [0.1, 0.15) is 17.1 Å². The number of amides is 2. The highest BCUT2D eigenvalue weighted by Gasteiger charge is 2.22. The number of nitrogens with one attached hydrogen (secondary N) is 2. The molecule has 0 radical (unpaired) electrons. The minimum absolute atomic E-state index is 0.0178. The van der Waals surface area contributed by atoms with Crippen LogP contribution in [0.5, 0.6) is 0 Å². The number of benzene rings is 3. The Morgan fingerprint density at radius 3 is 2.33 bits per heavy atom. The van der Waals surface area contributed by atoms with Crippen LogP contribution in [-0.4, -0.2) is 11.8 Å². The second kappa shape index (κ2) is 8.21. The molecule has 5 nitrogen and oxygen atoms in total. The highest BCUT2D eigenvalue weighted by molar-refractivity contribution is 6.14. The number of rotatable bonds is 5. The lowest BCUT2D eigenvalue weighted by molar-refractivity contribution is -0.115. The number of carbonyl (C=O) groups excluding carboxylic acids is 2. The summed E-state index contributed by atoms with van der Waals surface area (Å²) in [5.41, 5.74) is 3.15. The van der Waals surface area contributed by atoms with Crippen molar-refractivity contribution >= 4 is 34.2 Å². The van der Waals surface area contributed by atoms with Gasteiger partial charge < -0.3 is 15.1 Å². The molecule has 0 fully saturated rings. The zero-order chi connectivity index (χ0) is 21.1. The summed E-state index contributed by atoms with van der Waals surface area (Å²) in [4.78, 5) is 25.5. The number of halogens is 1. The van der Waals surface area contributed by atoms with Gasteiger partial charge in [0.25, 0.3) is 5.91 Å². The average molecular weight is 402 g/mol. The number of hydrogen-bond donors (Lipinski definition) is 2. The zero-order valence-corrected chi connectivity index (χ0v) is 16.2. The second-order valence-corrected chi connectivity index (χ2v) is 6.97. The molecule has 150 valence electrons. The Kier molecular flexibility index (Phi) is 5.30. The van der Waals surface area contributed by atoms with Crippen molar-refractivity contribution in [3.05, 3.63) is 95.5 Å². The summed E-state index contributed by atoms with van der Waals surface area (Å²) in [5.74, 6) is -1.15. The van der Waals surface area contributed by atoms with Crippen LogP contribution in [0, 0.1) is 12.7 Å². The maximum absolute atomic E-state index is 13.1. The van der Waals surface area contributed by atoms with E-state index in [0.717, 1.165) is 5.56 Å². The monoisotopic (exact) mass is 402 g/mol. The van der Waals surface area contributed by atoms with Crippen molar-refractivity contribution < 1.29 is 18.4 Å². The van der Waals surface area contributed by atoms with Crippen molar-refractivity contribution in [1.82, 2.24) is 0 Å². The highest BCUT2D eigenvalue weighted by Crippen LogP contribution is 2.31. The predicted octanol–water partition coefficient (Wildman–Crippen LogP) is 5.31. The van der Waals surface area contributed by atoms with Gasteiger partial charge in [0, 0.05) is 11.1 Å². The first-order chi connectivity index (χ1) is 14.5. The van der Waals surface area contributed by atoms with Crippen LogP contribution in [0.25, 0.3) is 11.0 Å². The van der Waals surface area contributed by atoms with Crippen molar-refractivity contribution in [2.45, 2.75) is 13.3 Å². The fourth-order valence-corrected chi connectivity index (χ4v) is 3.13. The molecule has 0 aliphatic carbocycles. The van der Waals surface area contributed by atoms with E-state index in [4.69, 9.17) is 4.42 Å². The van der Waals surface area contributed by atoms with E-state index in [0.29, 0.717) is 27.9 Å². The molecule has 0 spiro atoms. The summed E-state index contributed by atoms with van der Waals surface area (Å²) in [5, 5.41) is 6.20. The van der Waals surface area contributed by atoms with Crippen molar-refractivity contribution in [2.75, 3.05) is 10.6 Å². The summed E-state index contributed by atoms with van der Waals surface area (Å²) in [6.07, 6.45) is 0.0405. The third-order valence-corrected chi connectivity index (χ3v) is 4.65. The van der Waals surface area contributed by atoms with Gasteiger partial charge >= 0.3 is 0 Å². The first-order valence-electron chi connectivity index (χ1n) is 9.43. The van der Waals surface area contributed by atoms with Crippen LogP contribution in [0.1, 0.15) is 21.7 Å². The molecule has 0 atom stereocenters. The molecule has 6 heteroatoms. The predicted molar refractivity (Wildman–Crippen MR) is 114 cm³/mol. The van der Waals surface area contributed by atoms with Gasteiger partial charge in [-0.2, -0.15) is 0 Å². The van der Waals surface area contributed by atoms with Gasteiger partial charge in [-0.25, -0.2) is 4.39 Å². The molecular weight excluding hydrogens is 383 g/mol. The summed E-state index contributed by atoms with van der Waals surface area (Å²) in [6.45, 7) is 1.96. The van der Waals surface area contributed by atoms with Gasteiger partial charge in [-0.1, -0.05) is 42.0 Å². The Bertz CT molecular complexity index is 1210. The van der Waals surface area contributed by atoms with E-state index in [-0.39, 0.29) is 23.9 Å². The topological polar surface area (TPSA) is 71.3 Å². The van der Waals surface area contributed by atoms with Crippen molar-refractivity contribution in [1.29, 1.82) is 0 Å². The van der Waals surface area contributed by atoms with Crippen molar-refractivity contribution in [3.63, 3.8) is 0 Å². The van der Waals surface area contributed by atoms with Crippen LogP contribution in [-0.2, 0) is 11.2 Å². The number of anilines is 2. The van der Waals surface area contributed by atoms with Gasteiger partial charge in [-0.05, 0) is 48.9 Å². The molecule has 4 aromatic rings. The first kappa shape index (κ1) is 19.4. The molecule has 0 saturated heterocycles. The van der Waals surface area contributed by atoms with Crippen molar-refractivity contribution in [2.24, 2.45) is 0 Å². The summed E-state index contributed by atoms with van der Waals surface area (Å²) >= 11 is 0. The summed E-state index contributed by atoms with van der Waals surface area (Å²) in [6, 6.07) is 20.2. The van der Waals surface area contributed by atoms with E-state index in [1.807, 2.05) is 19.1 Å². The lowest BCUT2D eigenvalue weighted by Gasteiger charge is -2.08. The van der Waals surface area contributed by atoms with Gasteiger partial charge in [0.15, 0.2) is 0 Å². The smallest absolute Gasteiger partial charge is 0.293 e. The number of hydrogen-bond acceptors (Lipinski definition) is 3. The Morgan fingerprint density at radius 1 is 0.900 bits per heavy atom. The molecule has 0 aliphatic heterocycles. The van der Waals surface area contributed by atoms with Crippen LogP contribution >= 0.6 is 0 Å². The minimum Gasteiger partial charge on any atom is -0.449 e. The highest BCUT2D eigenvalue weighted by atomic mass is 19.1. The van der Waals surface area contributed by atoms with E-state index >= 15 is 0 Å². The van der Waals surface area contributed by atoms with E-state index in [1.165, 1.54) is 12.1 Å². The molecule has 1 heterocycles. The summed E-state index contributed by atoms with van der Waals surface area (Å²) in [7, 11) is 0. The van der Waals surface area contributed by atoms with Gasteiger partial charge in [-0.3, -0.25) is 9.59 Å². The molecule has 2 N–H and O–H groups in total. The van der Waals surface area contributed by atoms with Crippen LogP contribution in [0.3, 0.4) is 0 Å². The third-order valence-electron chi connectivity index (χ3n) is 4.65. The normalized spacial score (nSPS) is 10.7. The molecule has 0 aliphatic rings. The van der Waals surface area contributed by atoms with Crippen LogP contribution < -0.4 is 10.6 Å². The first-order valence-corrected chi connectivity index (χ1v) is 9.43. The Balaban J connectivity index is 1.61. The van der Waals surface area contributed by atoms with E-state index < -0.39 is 5.91 Å². The average Bonchev–Trinajstić information content (AvgIpc) is 3.10. The fraction of sp³-hybridized carbons (Fsp3) is 0.0833. The van der Waals surface area contributed by atoms with Crippen molar-refractivity contribution in [3.8, 4) is 0 Å². The second-order valence-electron chi connectivity index (χ2n) is 6.97. The zero-order valence-electron chi connectivity index (χ0n) is 16.2. The molecule has 0 saturated carbocycles. The molecule has 4 rings (SSSR count). The van der Waals surface area contributed by atoms with E-state index in [1.54, 1.807) is 48.5 Å². The third kappa shape index (κ3) is 4.22. The van der Waals surface area contributed by atoms with Crippen LogP contribution in [0.2, 0.25) is 0 Å². The van der Waals surface area contributed by atoms with Gasteiger partial charge in [0.2, 0.25) is 11.7 Å². The molecule has 2 amide bonds. The number of aryl methyl sites for hydroxylation is 1. The van der Waals surface area contributed by atoms with Gasteiger partial charge in [-0.15, -0.1) is 0 Å². The standard InChI is InChI=1S/C24H19FN2O3/c1-15-6-12-18(13-7-15)26-24(29)23-22(19-4-2-3-5-20(19)30-23)27-21(28)14-16-8-10-17(25)11-9-16/h2-13H,14H2,1H3,(H,26,29)(H,27,28). The van der Waals surface area contributed by atoms with E-state index in [2.05, 4.69) is 10.6 Å². The number of carbonyl (C=O) groups is 2. The molecule has 0 unspecified atom stereocenters. The maximum Gasteiger partial charge on any atom is 0.293 e. The molecule has 30 heavy (non-hydrogen) atoms. The SMILES string of the molecule is Cc1ccc(NC(=O)c2oc3ccccc3c2NC(=O)Cc2ccc(F)cc2)cc1. The molecule has 1 aromatic heterocycles. The number of furan rings is 1. The lowest BCUT2D eigenvalue weighted by atomic mass is 10.1. The van der Waals surface area contributed by atoms with Crippen LogP contribution in [0.15, 0.2) is 77.2 Å². The lowest BCUT2D eigenvalue weighted by Crippen LogP contribution is -2.18. The minimum atomic E-state index is -0.466. The van der Waals surface area contributed by atoms with E-state index in [9.17, 15) is 14.0 Å². The number of fused-ring (bicyclic) bond motifs is 1. The van der Waals surface area contributed by atoms with Crippen LogP contribution in [0.4, 0.5) is 15.8 Å². The molecule has 3 aromatic carbocycles. The molecule has 0 bridgehead atoms. The Hall–Kier alpha value is -3.93. The number of para-hydroxylation sites is 1. The fourth-order valence-electron chi connectivity index (χ4n) is 3.13. The largest absolute Gasteiger partial charge is 0.449 e. The van der Waals surface area contributed by atoms with Gasteiger partial charge in [0.05, 0.1) is 6.42 Å². The quantitative estimate of drug-likeness (QED) is 0.475. The Morgan fingerprint density at radius 2 is 1.60 bits per heavy atom. The maximum atomic E-state index is 13.1.